The van der Waals surface area contributed by atoms with Gasteiger partial charge >= 0.3 is 0 Å². The molecule has 1 aromatic rings. The Morgan fingerprint density at radius 3 is 2.37 bits per heavy atom. The number of amides is 1. The van der Waals surface area contributed by atoms with Gasteiger partial charge in [-0.25, -0.2) is 0 Å². The van der Waals surface area contributed by atoms with Gasteiger partial charge in [-0.1, -0.05) is 6.07 Å². The van der Waals surface area contributed by atoms with Crippen LogP contribution in [0.5, 0.6) is 17.2 Å². The molecule has 0 spiro atoms. The molecule has 0 saturated carbocycles. The van der Waals surface area contributed by atoms with E-state index in [0.29, 0.717) is 23.2 Å². The van der Waals surface area contributed by atoms with Crippen molar-refractivity contribution in [3.05, 3.63) is 17.7 Å². The predicted octanol–water partition coefficient (Wildman–Crippen LogP) is 2.94. The number of ether oxygens (including phenoxy) is 3. The first-order valence-electron chi connectivity index (χ1n) is 9.97. The number of nitrogens with zero attached hydrogens (tertiary/aromatic N) is 2. The molecule has 27 heavy (non-hydrogen) atoms. The molecule has 6 heteroatoms. The van der Waals surface area contributed by atoms with Crippen molar-refractivity contribution in [2.75, 3.05) is 47.5 Å². The van der Waals surface area contributed by atoms with Gasteiger partial charge in [-0.05, 0) is 44.7 Å². The summed E-state index contributed by atoms with van der Waals surface area (Å²) in [5.41, 5.74) is 1.06. The third-order valence-corrected chi connectivity index (χ3v) is 5.70. The Hall–Kier alpha value is -1.95. The lowest BCUT2D eigenvalue weighted by molar-refractivity contribution is -0.138. The van der Waals surface area contributed by atoms with E-state index in [9.17, 15) is 4.79 Å². The molecule has 2 heterocycles. The lowest BCUT2D eigenvalue weighted by atomic mass is 9.95. The third-order valence-electron chi connectivity index (χ3n) is 5.70. The quantitative estimate of drug-likeness (QED) is 0.764. The molecule has 2 saturated heterocycles. The molecular formula is C21H32N2O4. The summed E-state index contributed by atoms with van der Waals surface area (Å²) in [5.74, 6) is 2.45. The van der Waals surface area contributed by atoms with Crippen molar-refractivity contribution in [1.82, 2.24) is 9.80 Å². The van der Waals surface area contributed by atoms with Crippen molar-refractivity contribution in [3.63, 3.8) is 0 Å². The van der Waals surface area contributed by atoms with Gasteiger partial charge in [0, 0.05) is 31.7 Å². The molecule has 2 aliphatic heterocycles. The number of hydrogen-bond donors (Lipinski definition) is 0. The number of carbonyl (C=O) groups is 1. The second-order valence-electron chi connectivity index (χ2n) is 7.45. The first kappa shape index (κ1) is 19.8. The van der Waals surface area contributed by atoms with Crippen LogP contribution in [0.1, 0.15) is 37.7 Å². The summed E-state index contributed by atoms with van der Waals surface area (Å²) in [4.78, 5) is 17.3. The first-order chi connectivity index (χ1) is 13.2. The smallest absolute Gasteiger partial charge is 0.226 e. The standard InChI is InChI=1S/C21H32N2O4/c1-25-18-10-9-16(19(26-2)20(18)27-3)14-22-11-7-8-17(15-22)21(24)23-12-5-4-6-13-23/h9-10,17H,4-8,11-15H2,1-3H3/t17-/m1/s1. The van der Waals surface area contributed by atoms with Crippen molar-refractivity contribution < 1.29 is 19.0 Å². The molecular weight excluding hydrogens is 344 g/mol. The zero-order chi connectivity index (χ0) is 19.2. The van der Waals surface area contributed by atoms with Gasteiger partial charge in [0.2, 0.25) is 11.7 Å². The number of methoxy groups -OCH3 is 3. The number of rotatable bonds is 6. The maximum Gasteiger partial charge on any atom is 0.226 e. The minimum Gasteiger partial charge on any atom is -0.493 e. The second kappa shape index (κ2) is 9.31. The number of benzene rings is 1. The van der Waals surface area contributed by atoms with Crippen molar-refractivity contribution in [2.24, 2.45) is 5.92 Å². The molecule has 0 radical (unpaired) electrons. The Kier molecular flexibility index (Phi) is 6.83. The highest BCUT2D eigenvalue weighted by atomic mass is 16.5. The zero-order valence-corrected chi connectivity index (χ0v) is 16.8. The topological polar surface area (TPSA) is 51.2 Å². The summed E-state index contributed by atoms with van der Waals surface area (Å²) in [5, 5.41) is 0. The zero-order valence-electron chi connectivity index (χ0n) is 16.8. The lowest BCUT2D eigenvalue weighted by Gasteiger charge is -2.36. The van der Waals surface area contributed by atoms with Crippen LogP contribution in [0, 0.1) is 5.92 Å². The molecule has 3 rings (SSSR count). The van der Waals surface area contributed by atoms with E-state index in [1.807, 2.05) is 12.1 Å². The Bertz CT molecular complexity index is 643. The molecule has 150 valence electrons. The average molecular weight is 376 g/mol. The molecule has 0 aromatic heterocycles. The third kappa shape index (κ3) is 4.49. The van der Waals surface area contributed by atoms with Crippen molar-refractivity contribution >= 4 is 5.91 Å². The van der Waals surface area contributed by atoms with Gasteiger partial charge in [0.05, 0.1) is 27.2 Å². The normalized spacial score (nSPS) is 21.0. The molecule has 0 aliphatic carbocycles. The largest absolute Gasteiger partial charge is 0.493 e. The fraction of sp³-hybridized carbons (Fsp3) is 0.667. The highest BCUT2D eigenvalue weighted by Crippen LogP contribution is 2.40. The van der Waals surface area contributed by atoms with E-state index in [0.717, 1.165) is 64.0 Å². The summed E-state index contributed by atoms with van der Waals surface area (Å²) in [7, 11) is 4.90. The van der Waals surface area contributed by atoms with Crippen LogP contribution >= 0.6 is 0 Å². The van der Waals surface area contributed by atoms with E-state index in [-0.39, 0.29) is 5.92 Å². The van der Waals surface area contributed by atoms with Crippen LogP contribution in [0.4, 0.5) is 0 Å². The van der Waals surface area contributed by atoms with E-state index in [1.165, 1.54) is 6.42 Å². The van der Waals surface area contributed by atoms with Crippen molar-refractivity contribution in [2.45, 2.75) is 38.6 Å². The van der Waals surface area contributed by atoms with Crippen LogP contribution in [0.15, 0.2) is 12.1 Å². The van der Waals surface area contributed by atoms with Crippen LogP contribution in [0.3, 0.4) is 0 Å². The van der Waals surface area contributed by atoms with Crippen molar-refractivity contribution in [3.8, 4) is 17.2 Å². The van der Waals surface area contributed by atoms with Gasteiger partial charge in [-0.3, -0.25) is 9.69 Å². The Morgan fingerprint density at radius 1 is 0.963 bits per heavy atom. The summed E-state index contributed by atoms with van der Waals surface area (Å²) >= 11 is 0. The Labute approximate surface area is 162 Å². The number of carbonyl (C=O) groups excluding carboxylic acids is 1. The first-order valence-corrected chi connectivity index (χ1v) is 9.97. The monoisotopic (exact) mass is 376 g/mol. The summed E-state index contributed by atoms with van der Waals surface area (Å²) in [6, 6.07) is 3.94. The predicted molar refractivity (Wildman–Crippen MR) is 105 cm³/mol. The molecule has 1 aromatic carbocycles. The number of piperidine rings is 2. The fourth-order valence-electron chi connectivity index (χ4n) is 4.30. The van der Waals surface area contributed by atoms with E-state index in [4.69, 9.17) is 14.2 Å². The summed E-state index contributed by atoms with van der Waals surface area (Å²) < 4.78 is 16.5. The molecule has 2 aliphatic rings. The van der Waals surface area contributed by atoms with Crippen LogP contribution in [-0.2, 0) is 11.3 Å². The van der Waals surface area contributed by atoms with Gasteiger partial charge < -0.3 is 19.1 Å². The molecule has 0 bridgehead atoms. The van der Waals surface area contributed by atoms with Crippen LogP contribution < -0.4 is 14.2 Å². The SMILES string of the molecule is COc1ccc(CN2CCC[C@@H](C(=O)N3CCCCC3)C2)c(OC)c1OC. The van der Waals surface area contributed by atoms with E-state index >= 15 is 0 Å². The van der Waals surface area contributed by atoms with E-state index in [2.05, 4.69) is 9.80 Å². The summed E-state index contributed by atoms with van der Waals surface area (Å²) in [6.45, 7) is 4.42. The van der Waals surface area contributed by atoms with Gasteiger partial charge in [0.15, 0.2) is 11.5 Å². The van der Waals surface area contributed by atoms with Crippen LogP contribution in [0.25, 0.3) is 0 Å². The highest BCUT2D eigenvalue weighted by Gasteiger charge is 2.30. The minimum absolute atomic E-state index is 0.114. The Morgan fingerprint density at radius 2 is 1.70 bits per heavy atom. The molecule has 6 nitrogen and oxygen atoms in total. The summed E-state index contributed by atoms with van der Waals surface area (Å²) in [6.07, 6.45) is 5.59. The van der Waals surface area contributed by atoms with Gasteiger partial charge in [-0.2, -0.15) is 0 Å². The molecule has 0 unspecified atom stereocenters. The lowest BCUT2D eigenvalue weighted by Crippen LogP contribution is -2.46. The molecule has 2 fully saturated rings. The second-order valence-corrected chi connectivity index (χ2v) is 7.45. The molecule has 0 N–H and O–H groups in total. The maximum atomic E-state index is 12.9. The number of hydrogen-bond acceptors (Lipinski definition) is 5. The van der Waals surface area contributed by atoms with E-state index in [1.54, 1.807) is 21.3 Å². The van der Waals surface area contributed by atoms with Crippen molar-refractivity contribution in [1.29, 1.82) is 0 Å². The molecule has 1 amide bonds. The average Bonchev–Trinajstić information content (AvgIpc) is 2.73. The highest BCUT2D eigenvalue weighted by molar-refractivity contribution is 5.79. The van der Waals surface area contributed by atoms with Crippen LogP contribution in [-0.4, -0.2) is 63.2 Å². The minimum atomic E-state index is 0.114. The number of likely N-dealkylation sites (tertiary alicyclic amines) is 2. The Balaban J connectivity index is 1.69. The fourth-order valence-corrected chi connectivity index (χ4v) is 4.30. The van der Waals surface area contributed by atoms with Crippen LogP contribution in [0.2, 0.25) is 0 Å². The van der Waals surface area contributed by atoms with Gasteiger partial charge in [-0.15, -0.1) is 0 Å². The van der Waals surface area contributed by atoms with Gasteiger partial charge in [0.25, 0.3) is 0 Å². The van der Waals surface area contributed by atoms with E-state index < -0.39 is 0 Å². The maximum absolute atomic E-state index is 12.9. The van der Waals surface area contributed by atoms with Gasteiger partial charge in [0.1, 0.15) is 0 Å². The molecule has 1 atom stereocenters.